The first-order chi connectivity index (χ1) is 9.72. The Bertz CT molecular complexity index is 577. The Labute approximate surface area is 117 Å². The third kappa shape index (κ3) is 3.69. The van der Waals surface area contributed by atoms with Crippen molar-refractivity contribution < 1.29 is 18.7 Å². The fourth-order valence-electron chi connectivity index (χ4n) is 1.82. The first-order valence-corrected chi connectivity index (χ1v) is 6.20. The molecule has 0 spiro atoms. The second-order valence-corrected chi connectivity index (χ2v) is 4.29. The van der Waals surface area contributed by atoms with E-state index in [0.29, 0.717) is 24.7 Å². The van der Waals surface area contributed by atoms with Gasteiger partial charge in [-0.25, -0.2) is 0 Å². The van der Waals surface area contributed by atoms with Crippen molar-refractivity contribution in [1.82, 2.24) is 0 Å². The molecule has 1 N–H and O–H groups in total. The van der Waals surface area contributed by atoms with Gasteiger partial charge in [0.05, 0.1) is 6.61 Å². The zero-order chi connectivity index (χ0) is 14.4. The molecular formula is C15H17NO4. The molecular weight excluding hydrogens is 258 g/mol. The number of carbonyl (C=O) groups excluding carboxylic acids is 1. The molecule has 0 atom stereocenters. The van der Waals surface area contributed by atoms with Crippen molar-refractivity contribution in [3.8, 4) is 0 Å². The van der Waals surface area contributed by atoms with Crippen LogP contribution in [0.2, 0.25) is 0 Å². The molecule has 0 aliphatic heterocycles. The van der Waals surface area contributed by atoms with Crippen LogP contribution < -0.4 is 5.32 Å². The highest BCUT2D eigenvalue weighted by Crippen LogP contribution is 2.15. The minimum absolute atomic E-state index is 0.259. The van der Waals surface area contributed by atoms with Gasteiger partial charge in [-0.3, -0.25) is 4.79 Å². The number of benzene rings is 1. The monoisotopic (exact) mass is 275 g/mol. The summed E-state index contributed by atoms with van der Waals surface area (Å²) >= 11 is 0. The summed E-state index contributed by atoms with van der Waals surface area (Å²) in [6.07, 6.45) is 0. The maximum absolute atomic E-state index is 12.0. The molecule has 1 aromatic carbocycles. The highest BCUT2D eigenvalue weighted by molar-refractivity contribution is 6.02. The molecule has 1 aromatic heterocycles. The van der Waals surface area contributed by atoms with Crippen LogP contribution in [0.4, 0.5) is 5.69 Å². The second-order valence-electron chi connectivity index (χ2n) is 4.29. The summed E-state index contributed by atoms with van der Waals surface area (Å²) < 4.78 is 15.4. The molecule has 0 saturated heterocycles. The quantitative estimate of drug-likeness (QED) is 0.880. The van der Waals surface area contributed by atoms with Crippen molar-refractivity contribution >= 4 is 11.6 Å². The van der Waals surface area contributed by atoms with Gasteiger partial charge >= 0.3 is 0 Å². The molecule has 20 heavy (non-hydrogen) atoms. The van der Waals surface area contributed by atoms with E-state index in [-0.39, 0.29) is 11.7 Å². The zero-order valence-electron chi connectivity index (χ0n) is 11.5. The van der Waals surface area contributed by atoms with Crippen LogP contribution in [0.5, 0.6) is 0 Å². The van der Waals surface area contributed by atoms with E-state index < -0.39 is 0 Å². The van der Waals surface area contributed by atoms with Gasteiger partial charge < -0.3 is 19.2 Å². The largest absolute Gasteiger partial charge is 0.453 e. The van der Waals surface area contributed by atoms with Crippen LogP contribution in [-0.4, -0.2) is 20.1 Å². The number of rotatable bonds is 6. The molecule has 5 nitrogen and oxygen atoms in total. The second kappa shape index (κ2) is 6.88. The molecule has 106 valence electrons. The molecule has 0 bridgehead atoms. The van der Waals surface area contributed by atoms with Gasteiger partial charge in [0.15, 0.2) is 5.76 Å². The van der Waals surface area contributed by atoms with Gasteiger partial charge in [-0.15, -0.1) is 0 Å². The Morgan fingerprint density at radius 1 is 1.15 bits per heavy atom. The number of methoxy groups -OCH3 is 2. The third-order valence-corrected chi connectivity index (χ3v) is 2.67. The number of amides is 1. The molecule has 2 aromatic rings. The number of hydrogen-bond donors (Lipinski definition) is 1. The molecule has 1 heterocycles. The summed E-state index contributed by atoms with van der Waals surface area (Å²) in [6, 6.07) is 10.8. The summed E-state index contributed by atoms with van der Waals surface area (Å²) in [5.41, 5.74) is 1.69. The van der Waals surface area contributed by atoms with Crippen molar-refractivity contribution in [2.24, 2.45) is 0 Å². The number of anilines is 1. The smallest absolute Gasteiger partial charge is 0.291 e. The van der Waals surface area contributed by atoms with Crippen molar-refractivity contribution in [3.05, 3.63) is 53.5 Å². The zero-order valence-corrected chi connectivity index (χ0v) is 11.5. The molecule has 0 unspecified atom stereocenters. The van der Waals surface area contributed by atoms with Crippen LogP contribution in [0.1, 0.15) is 21.9 Å². The van der Waals surface area contributed by atoms with E-state index in [0.717, 1.165) is 5.56 Å². The van der Waals surface area contributed by atoms with E-state index in [1.807, 2.05) is 24.3 Å². The first-order valence-electron chi connectivity index (χ1n) is 6.20. The molecule has 5 heteroatoms. The van der Waals surface area contributed by atoms with Crippen LogP contribution in [0, 0.1) is 0 Å². The lowest BCUT2D eigenvalue weighted by Crippen LogP contribution is -2.11. The standard InChI is InChI=1S/C15H17NO4/c1-18-9-11-4-3-5-12(8-11)16-15(17)14-7-6-13(20-14)10-19-2/h3-8H,9-10H2,1-2H3,(H,16,17). The maximum Gasteiger partial charge on any atom is 0.291 e. The van der Waals surface area contributed by atoms with Crippen molar-refractivity contribution in [3.63, 3.8) is 0 Å². The van der Waals surface area contributed by atoms with E-state index in [1.54, 1.807) is 26.4 Å². The molecule has 0 aliphatic rings. The highest BCUT2D eigenvalue weighted by Gasteiger charge is 2.11. The Morgan fingerprint density at radius 3 is 2.70 bits per heavy atom. The average Bonchev–Trinajstić information content (AvgIpc) is 2.89. The van der Waals surface area contributed by atoms with Gasteiger partial charge in [-0.05, 0) is 29.8 Å². The summed E-state index contributed by atoms with van der Waals surface area (Å²) in [4.78, 5) is 12.0. The molecule has 0 aliphatic carbocycles. The summed E-state index contributed by atoms with van der Waals surface area (Å²) in [7, 11) is 3.20. The summed E-state index contributed by atoms with van der Waals surface area (Å²) in [5.74, 6) is 0.585. The number of furan rings is 1. The van der Waals surface area contributed by atoms with E-state index >= 15 is 0 Å². The minimum atomic E-state index is -0.290. The third-order valence-electron chi connectivity index (χ3n) is 2.67. The predicted molar refractivity (Wildman–Crippen MR) is 74.5 cm³/mol. The number of hydrogen-bond acceptors (Lipinski definition) is 4. The minimum Gasteiger partial charge on any atom is -0.453 e. The van der Waals surface area contributed by atoms with Gasteiger partial charge in [0, 0.05) is 19.9 Å². The van der Waals surface area contributed by atoms with Crippen LogP contribution in [-0.2, 0) is 22.7 Å². The number of ether oxygens (including phenoxy) is 2. The maximum atomic E-state index is 12.0. The lowest BCUT2D eigenvalue weighted by molar-refractivity contribution is 0.0987. The Hall–Kier alpha value is -2.11. The van der Waals surface area contributed by atoms with Crippen LogP contribution >= 0.6 is 0 Å². The molecule has 1 amide bonds. The van der Waals surface area contributed by atoms with E-state index in [9.17, 15) is 4.79 Å². The first kappa shape index (κ1) is 14.3. The molecule has 0 fully saturated rings. The Kier molecular flexibility index (Phi) is 4.92. The number of carbonyl (C=O) groups is 1. The average molecular weight is 275 g/mol. The topological polar surface area (TPSA) is 60.7 Å². The van der Waals surface area contributed by atoms with Gasteiger partial charge in [-0.1, -0.05) is 12.1 Å². The predicted octanol–water partition coefficient (Wildman–Crippen LogP) is 2.82. The lowest BCUT2D eigenvalue weighted by Gasteiger charge is -2.05. The SMILES string of the molecule is COCc1cccc(NC(=O)c2ccc(COC)o2)c1. The normalized spacial score (nSPS) is 10.5. The van der Waals surface area contributed by atoms with E-state index in [4.69, 9.17) is 13.9 Å². The molecule has 0 saturated carbocycles. The molecule has 2 rings (SSSR count). The highest BCUT2D eigenvalue weighted by atomic mass is 16.5. The van der Waals surface area contributed by atoms with Gasteiger partial charge in [-0.2, -0.15) is 0 Å². The fraction of sp³-hybridized carbons (Fsp3) is 0.267. The van der Waals surface area contributed by atoms with Crippen LogP contribution in [0.3, 0.4) is 0 Å². The Balaban J connectivity index is 2.04. The lowest BCUT2D eigenvalue weighted by atomic mass is 10.2. The number of nitrogens with one attached hydrogen (secondary N) is 1. The van der Waals surface area contributed by atoms with Gasteiger partial charge in [0.1, 0.15) is 12.4 Å². The van der Waals surface area contributed by atoms with E-state index in [2.05, 4.69) is 5.32 Å². The van der Waals surface area contributed by atoms with Crippen LogP contribution in [0.25, 0.3) is 0 Å². The van der Waals surface area contributed by atoms with Crippen LogP contribution in [0.15, 0.2) is 40.8 Å². The van der Waals surface area contributed by atoms with Crippen molar-refractivity contribution in [2.45, 2.75) is 13.2 Å². The van der Waals surface area contributed by atoms with Crippen molar-refractivity contribution in [1.29, 1.82) is 0 Å². The van der Waals surface area contributed by atoms with E-state index in [1.165, 1.54) is 0 Å². The fourth-order valence-corrected chi connectivity index (χ4v) is 1.82. The summed E-state index contributed by atoms with van der Waals surface area (Å²) in [6.45, 7) is 0.846. The van der Waals surface area contributed by atoms with Gasteiger partial charge in [0.25, 0.3) is 5.91 Å². The van der Waals surface area contributed by atoms with Crippen molar-refractivity contribution in [2.75, 3.05) is 19.5 Å². The van der Waals surface area contributed by atoms with Gasteiger partial charge in [0.2, 0.25) is 0 Å². The Morgan fingerprint density at radius 2 is 1.95 bits per heavy atom. The molecule has 0 radical (unpaired) electrons. The summed E-state index contributed by atoms with van der Waals surface area (Å²) in [5, 5.41) is 2.78.